The van der Waals surface area contributed by atoms with E-state index in [0.717, 1.165) is 25.0 Å². The van der Waals surface area contributed by atoms with E-state index in [1.807, 2.05) is 0 Å². The van der Waals surface area contributed by atoms with Gasteiger partial charge in [-0.1, -0.05) is 6.07 Å². The second-order valence-corrected chi connectivity index (χ2v) is 5.64. The van der Waals surface area contributed by atoms with E-state index >= 15 is 0 Å². The molecule has 0 aromatic heterocycles. The number of alkyl halides is 3. The minimum atomic E-state index is -4.41. The second-order valence-electron chi connectivity index (χ2n) is 5.64. The summed E-state index contributed by atoms with van der Waals surface area (Å²) in [7, 11) is 0. The fourth-order valence-electron chi connectivity index (χ4n) is 1.99. The van der Waals surface area contributed by atoms with E-state index in [0.29, 0.717) is 6.54 Å². The van der Waals surface area contributed by atoms with Gasteiger partial charge in [-0.25, -0.2) is 4.79 Å². The topological polar surface area (TPSA) is 70.6 Å². The van der Waals surface area contributed by atoms with E-state index in [2.05, 4.69) is 10.6 Å². The van der Waals surface area contributed by atoms with Gasteiger partial charge in [0.2, 0.25) is 0 Å². The lowest BCUT2D eigenvalue weighted by Crippen LogP contribution is -2.41. The molecule has 2 rings (SSSR count). The van der Waals surface area contributed by atoms with Crippen molar-refractivity contribution >= 4 is 6.03 Å². The van der Waals surface area contributed by atoms with Crippen LogP contribution in [0.5, 0.6) is 5.75 Å². The molecule has 5 nitrogen and oxygen atoms in total. The first-order chi connectivity index (χ1) is 10.8. The van der Waals surface area contributed by atoms with E-state index in [1.165, 1.54) is 12.1 Å². The number of benzene rings is 1. The van der Waals surface area contributed by atoms with E-state index in [4.69, 9.17) is 9.84 Å². The third-order valence-electron chi connectivity index (χ3n) is 3.73. The molecule has 23 heavy (non-hydrogen) atoms. The molecule has 0 saturated heterocycles. The number of nitrogens with one attached hydrogen (secondary N) is 2. The van der Waals surface area contributed by atoms with Crippen LogP contribution in [0.4, 0.5) is 18.0 Å². The molecule has 1 aromatic rings. The van der Waals surface area contributed by atoms with E-state index in [1.54, 1.807) is 0 Å². The Labute approximate surface area is 131 Å². The Balaban J connectivity index is 1.66. The quantitative estimate of drug-likeness (QED) is 0.670. The highest BCUT2D eigenvalue weighted by Gasteiger charge is 2.42. The van der Waals surface area contributed by atoms with Gasteiger partial charge in [0.05, 0.1) is 18.7 Å². The van der Waals surface area contributed by atoms with Gasteiger partial charge < -0.3 is 20.5 Å². The van der Waals surface area contributed by atoms with Crippen LogP contribution in [0, 0.1) is 5.41 Å². The smallest absolute Gasteiger partial charge is 0.416 e. The van der Waals surface area contributed by atoms with Gasteiger partial charge in [-0.2, -0.15) is 13.2 Å². The van der Waals surface area contributed by atoms with Gasteiger partial charge in [0.1, 0.15) is 12.4 Å². The monoisotopic (exact) mass is 332 g/mol. The van der Waals surface area contributed by atoms with Crippen molar-refractivity contribution in [1.82, 2.24) is 10.6 Å². The molecule has 1 fully saturated rings. The van der Waals surface area contributed by atoms with Gasteiger partial charge in [-0.05, 0) is 31.0 Å². The molecule has 0 atom stereocenters. The van der Waals surface area contributed by atoms with Gasteiger partial charge in [-0.15, -0.1) is 0 Å². The molecule has 2 amide bonds. The molecule has 0 spiro atoms. The van der Waals surface area contributed by atoms with Gasteiger partial charge in [0.15, 0.2) is 0 Å². The molecule has 0 aliphatic heterocycles. The summed E-state index contributed by atoms with van der Waals surface area (Å²) in [5, 5.41) is 14.3. The average molecular weight is 332 g/mol. The maximum Gasteiger partial charge on any atom is 0.416 e. The summed E-state index contributed by atoms with van der Waals surface area (Å²) < 4.78 is 42.8. The Kier molecular flexibility index (Phi) is 5.35. The van der Waals surface area contributed by atoms with Crippen LogP contribution in [-0.4, -0.2) is 37.4 Å². The SMILES string of the molecule is O=C(NCCOc1cccc(C(F)(F)F)c1)NCC1(CO)CC1. The summed E-state index contributed by atoms with van der Waals surface area (Å²) in [5.74, 6) is 0.0965. The first-order valence-electron chi connectivity index (χ1n) is 7.27. The number of aliphatic hydroxyl groups excluding tert-OH is 1. The van der Waals surface area contributed by atoms with Crippen LogP contribution >= 0.6 is 0 Å². The van der Waals surface area contributed by atoms with Crippen molar-refractivity contribution in [3.05, 3.63) is 29.8 Å². The van der Waals surface area contributed by atoms with Crippen LogP contribution in [0.2, 0.25) is 0 Å². The van der Waals surface area contributed by atoms with E-state index < -0.39 is 17.8 Å². The maximum absolute atomic E-state index is 12.5. The Morgan fingerprint density at radius 2 is 2.04 bits per heavy atom. The predicted octanol–water partition coefficient (Wildman–Crippen LogP) is 2.16. The molecule has 0 unspecified atom stereocenters. The molecule has 128 valence electrons. The highest BCUT2D eigenvalue weighted by Crippen LogP contribution is 2.44. The summed E-state index contributed by atoms with van der Waals surface area (Å²) in [6.45, 7) is 0.670. The first-order valence-corrected chi connectivity index (χ1v) is 7.27. The molecule has 0 bridgehead atoms. The summed E-state index contributed by atoms with van der Waals surface area (Å²) in [5.41, 5.74) is -0.953. The molecule has 1 aliphatic rings. The van der Waals surface area contributed by atoms with Gasteiger partial charge >= 0.3 is 12.2 Å². The number of rotatable bonds is 7. The van der Waals surface area contributed by atoms with Crippen molar-refractivity contribution in [2.45, 2.75) is 19.0 Å². The molecule has 0 heterocycles. The molecule has 3 N–H and O–H groups in total. The van der Waals surface area contributed by atoms with Gasteiger partial charge in [0.25, 0.3) is 0 Å². The average Bonchev–Trinajstić information content (AvgIpc) is 3.30. The van der Waals surface area contributed by atoms with Crippen molar-refractivity contribution in [1.29, 1.82) is 0 Å². The highest BCUT2D eigenvalue weighted by atomic mass is 19.4. The number of carbonyl (C=O) groups excluding carboxylic acids is 1. The molecule has 1 saturated carbocycles. The largest absolute Gasteiger partial charge is 0.492 e. The highest BCUT2D eigenvalue weighted by molar-refractivity contribution is 5.73. The number of ether oxygens (including phenoxy) is 1. The molecule has 1 aromatic carbocycles. The molecule has 0 radical (unpaired) electrons. The number of hydrogen-bond donors (Lipinski definition) is 3. The zero-order valence-electron chi connectivity index (χ0n) is 12.4. The third-order valence-corrected chi connectivity index (χ3v) is 3.73. The number of urea groups is 1. The Morgan fingerprint density at radius 3 is 2.65 bits per heavy atom. The van der Waals surface area contributed by atoms with Crippen LogP contribution < -0.4 is 15.4 Å². The molecule has 8 heteroatoms. The normalized spacial score (nSPS) is 15.8. The third kappa shape index (κ3) is 5.31. The number of aliphatic hydroxyl groups is 1. The standard InChI is InChI=1S/C15H19F3N2O3/c16-15(17,18)11-2-1-3-12(8-11)23-7-6-19-13(22)20-9-14(10-21)4-5-14/h1-3,8,21H,4-7,9-10H2,(H2,19,20,22). The summed E-state index contributed by atoms with van der Waals surface area (Å²) in [6.07, 6.45) is -2.63. The Hall–Kier alpha value is -1.96. The van der Waals surface area contributed by atoms with Crippen molar-refractivity contribution in [3.8, 4) is 5.75 Å². The second kappa shape index (κ2) is 7.08. The van der Waals surface area contributed by atoms with Gasteiger partial charge in [-0.3, -0.25) is 0 Å². The van der Waals surface area contributed by atoms with Crippen LogP contribution in [0.1, 0.15) is 18.4 Å². The number of halogens is 3. The Morgan fingerprint density at radius 1 is 1.30 bits per heavy atom. The Bertz CT molecular complexity index is 545. The number of carbonyl (C=O) groups is 1. The molecule has 1 aliphatic carbocycles. The van der Waals surface area contributed by atoms with E-state index in [9.17, 15) is 18.0 Å². The van der Waals surface area contributed by atoms with Crippen molar-refractivity contribution in [2.75, 3.05) is 26.3 Å². The number of hydrogen-bond acceptors (Lipinski definition) is 3. The fraction of sp³-hybridized carbons (Fsp3) is 0.533. The van der Waals surface area contributed by atoms with Crippen molar-refractivity contribution < 1.29 is 27.8 Å². The zero-order valence-corrected chi connectivity index (χ0v) is 12.4. The lowest BCUT2D eigenvalue weighted by atomic mass is 10.1. The van der Waals surface area contributed by atoms with Crippen LogP contribution in [-0.2, 0) is 6.18 Å². The minimum Gasteiger partial charge on any atom is -0.492 e. The summed E-state index contributed by atoms with van der Waals surface area (Å²) >= 11 is 0. The maximum atomic E-state index is 12.5. The van der Waals surface area contributed by atoms with Gasteiger partial charge in [0, 0.05) is 12.0 Å². The van der Waals surface area contributed by atoms with E-state index in [-0.39, 0.29) is 30.9 Å². The van der Waals surface area contributed by atoms with Crippen LogP contribution in [0.15, 0.2) is 24.3 Å². The summed E-state index contributed by atoms with van der Waals surface area (Å²) in [4.78, 5) is 11.5. The van der Waals surface area contributed by atoms with Crippen molar-refractivity contribution in [3.63, 3.8) is 0 Å². The van der Waals surface area contributed by atoms with Crippen LogP contribution in [0.3, 0.4) is 0 Å². The zero-order chi connectivity index (χ0) is 16.9. The lowest BCUT2D eigenvalue weighted by molar-refractivity contribution is -0.137. The van der Waals surface area contributed by atoms with Crippen LogP contribution in [0.25, 0.3) is 0 Å². The first kappa shape index (κ1) is 17.4. The predicted molar refractivity (Wildman–Crippen MR) is 77.1 cm³/mol. The minimum absolute atomic E-state index is 0.0476. The lowest BCUT2D eigenvalue weighted by Gasteiger charge is -2.14. The summed E-state index contributed by atoms with van der Waals surface area (Å²) in [6, 6.07) is 4.18. The van der Waals surface area contributed by atoms with Crippen molar-refractivity contribution in [2.24, 2.45) is 5.41 Å². The fourth-order valence-corrected chi connectivity index (χ4v) is 1.99. The molecular formula is C15H19F3N2O3. The molecular weight excluding hydrogens is 313 g/mol. The number of amides is 2.